The van der Waals surface area contributed by atoms with Gasteiger partial charge in [-0.2, -0.15) is 0 Å². The molecule has 0 saturated carbocycles. The van der Waals surface area contributed by atoms with Gasteiger partial charge in [0.05, 0.1) is 8.80 Å². The molecule has 10 heavy (non-hydrogen) atoms. The van der Waals surface area contributed by atoms with Crippen LogP contribution >= 0.6 is 22.6 Å². The minimum Gasteiger partial charge on any atom is -0.0867 e. The zero-order valence-electron chi connectivity index (χ0n) is 7.69. The van der Waals surface area contributed by atoms with Crippen LogP contribution in [0.4, 0.5) is 0 Å². The Bertz CT molecular complexity index is 70.2. The molecule has 0 fully saturated rings. The van der Waals surface area contributed by atoms with Crippen molar-refractivity contribution in [3.05, 3.63) is 0 Å². The normalized spacial score (nSPS) is 15.3. The molecule has 1 unspecified atom stereocenters. The summed E-state index contributed by atoms with van der Waals surface area (Å²) in [6.07, 6.45) is 0. The standard InChI is InChI=1S/C8H19ISi/c1-6(2)10(7(3)4)8(5)9/h6-8,10H,1-5H3. The van der Waals surface area contributed by atoms with Crippen LogP contribution in [0, 0.1) is 0 Å². The first-order valence-corrected chi connectivity index (χ1v) is 7.35. The summed E-state index contributed by atoms with van der Waals surface area (Å²) in [5, 5.41) is 0. The van der Waals surface area contributed by atoms with Crippen molar-refractivity contribution in [2.75, 3.05) is 0 Å². The van der Waals surface area contributed by atoms with E-state index in [-0.39, 0.29) is 0 Å². The van der Waals surface area contributed by atoms with E-state index in [0.29, 0.717) is 0 Å². The van der Waals surface area contributed by atoms with Crippen molar-refractivity contribution in [3.63, 3.8) is 0 Å². The molecule has 0 radical (unpaired) electrons. The van der Waals surface area contributed by atoms with Gasteiger partial charge in [-0.3, -0.25) is 0 Å². The van der Waals surface area contributed by atoms with Crippen molar-refractivity contribution in [2.45, 2.75) is 49.2 Å². The summed E-state index contributed by atoms with van der Waals surface area (Å²) in [5.41, 5.74) is 1.93. The van der Waals surface area contributed by atoms with Gasteiger partial charge in [0.25, 0.3) is 0 Å². The van der Waals surface area contributed by atoms with Crippen molar-refractivity contribution >= 4 is 31.4 Å². The molecule has 0 N–H and O–H groups in total. The summed E-state index contributed by atoms with van der Waals surface area (Å²) >= 11 is 2.60. The number of hydrogen-bond donors (Lipinski definition) is 0. The Labute approximate surface area is 80.5 Å². The van der Waals surface area contributed by atoms with E-state index in [1.54, 1.807) is 0 Å². The smallest absolute Gasteiger partial charge is 0.0563 e. The minimum absolute atomic E-state index is 0.467. The van der Waals surface area contributed by atoms with Crippen LogP contribution in [-0.4, -0.2) is 12.3 Å². The average Bonchev–Trinajstić information content (AvgIpc) is 1.59. The van der Waals surface area contributed by atoms with Crippen LogP contribution in [0.1, 0.15) is 34.6 Å². The zero-order chi connectivity index (χ0) is 8.31. The Morgan fingerprint density at radius 3 is 1.20 bits per heavy atom. The van der Waals surface area contributed by atoms with Crippen LogP contribution in [0.25, 0.3) is 0 Å². The highest BCUT2D eigenvalue weighted by molar-refractivity contribution is 14.1. The predicted molar refractivity (Wildman–Crippen MR) is 60.8 cm³/mol. The molecule has 1 atom stereocenters. The van der Waals surface area contributed by atoms with Crippen LogP contribution in [-0.2, 0) is 0 Å². The minimum atomic E-state index is -0.467. The molecule has 0 saturated heterocycles. The molecule has 0 aromatic heterocycles. The summed E-state index contributed by atoms with van der Waals surface area (Å²) in [4.78, 5) is 0. The first kappa shape index (κ1) is 10.9. The highest BCUT2D eigenvalue weighted by Gasteiger charge is 2.23. The average molecular weight is 270 g/mol. The molecule has 0 rings (SSSR count). The Morgan fingerprint density at radius 1 is 0.900 bits per heavy atom. The molecule has 62 valence electrons. The fourth-order valence-corrected chi connectivity index (χ4v) is 10.5. The Balaban J connectivity index is 3.98. The third-order valence-electron chi connectivity index (χ3n) is 2.07. The van der Waals surface area contributed by atoms with Gasteiger partial charge in [-0.1, -0.05) is 68.3 Å². The number of halogens is 1. The van der Waals surface area contributed by atoms with E-state index in [0.717, 1.165) is 14.6 Å². The lowest BCUT2D eigenvalue weighted by molar-refractivity contribution is 0.921. The van der Waals surface area contributed by atoms with Gasteiger partial charge >= 0.3 is 0 Å². The molecule has 0 aliphatic rings. The van der Waals surface area contributed by atoms with Crippen LogP contribution in [0.3, 0.4) is 0 Å². The fourth-order valence-electron chi connectivity index (χ4n) is 1.83. The molecule has 0 bridgehead atoms. The van der Waals surface area contributed by atoms with Crippen molar-refractivity contribution in [1.82, 2.24) is 0 Å². The third-order valence-corrected chi connectivity index (χ3v) is 8.70. The van der Waals surface area contributed by atoms with Crippen molar-refractivity contribution in [3.8, 4) is 0 Å². The van der Waals surface area contributed by atoms with E-state index >= 15 is 0 Å². The van der Waals surface area contributed by atoms with Crippen LogP contribution in [0.2, 0.25) is 11.1 Å². The molecular formula is C8H19ISi. The van der Waals surface area contributed by atoms with E-state index in [4.69, 9.17) is 0 Å². The first-order valence-electron chi connectivity index (χ1n) is 4.10. The molecule has 0 aliphatic heterocycles. The molecule has 0 spiro atoms. The van der Waals surface area contributed by atoms with Gasteiger partial charge in [0.2, 0.25) is 0 Å². The second-order valence-electron chi connectivity index (χ2n) is 3.74. The van der Waals surface area contributed by atoms with E-state index in [1.165, 1.54) is 0 Å². The second kappa shape index (κ2) is 4.75. The highest BCUT2D eigenvalue weighted by Crippen LogP contribution is 2.26. The van der Waals surface area contributed by atoms with E-state index in [9.17, 15) is 0 Å². The quantitative estimate of drug-likeness (QED) is 0.419. The van der Waals surface area contributed by atoms with Gasteiger partial charge in [-0.15, -0.1) is 0 Å². The van der Waals surface area contributed by atoms with Crippen molar-refractivity contribution in [1.29, 1.82) is 0 Å². The molecule has 0 nitrogen and oxygen atoms in total. The summed E-state index contributed by atoms with van der Waals surface area (Å²) in [5.74, 6) is 0. The Morgan fingerprint density at radius 2 is 1.20 bits per heavy atom. The van der Waals surface area contributed by atoms with E-state index in [1.807, 2.05) is 0 Å². The largest absolute Gasteiger partial charge is 0.0867 e. The molecule has 0 aliphatic carbocycles. The molecule has 0 heterocycles. The monoisotopic (exact) mass is 270 g/mol. The van der Waals surface area contributed by atoms with Crippen LogP contribution in [0.15, 0.2) is 0 Å². The van der Waals surface area contributed by atoms with Crippen molar-refractivity contribution in [2.24, 2.45) is 0 Å². The Kier molecular flexibility index (Phi) is 5.20. The Hall–Kier alpha value is 0.947. The molecule has 0 aromatic rings. The van der Waals surface area contributed by atoms with Gasteiger partial charge in [0.15, 0.2) is 0 Å². The summed E-state index contributed by atoms with van der Waals surface area (Å²) in [6.45, 7) is 11.9. The van der Waals surface area contributed by atoms with Crippen LogP contribution < -0.4 is 0 Å². The maximum Gasteiger partial charge on any atom is 0.0563 e. The molecule has 2 heteroatoms. The van der Waals surface area contributed by atoms with Crippen LogP contribution in [0.5, 0.6) is 0 Å². The lowest BCUT2D eigenvalue weighted by Gasteiger charge is -2.25. The van der Waals surface area contributed by atoms with Gasteiger partial charge in [-0.05, 0) is 0 Å². The summed E-state index contributed by atoms with van der Waals surface area (Å²) in [7, 11) is -0.467. The topological polar surface area (TPSA) is 0 Å². The molecule has 0 amide bonds. The maximum absolute atomic E-state index is 2.60. The molecular weight excluding hydrogens is 251 g/mol. The SMILES string of the molecule is CC(C)[SiH](C(C)C)C(C)I. The first-order chi connectivity index (χ1) is 4.46. The number of alkyl halides is 1. The number of hydrogen-bond acceptors (Lipinski definition) is 0. The van der Waals surface area contributed by atoms with Gasteiger partial charge in [0, 0.05) is 3.55 Å². The summed E-state index contributed by atoms with van der Waals surface area (Å²) < 4.78 is 0.942. The highest BCUT2D eigenvalue weighted by atomic mass is 127. The molecule has 0 aromatic carbocycles. The summed E-state index contributed by atoms with van der Waals surface area (Å²) in [6, 6.07) is 0. The zero-order valence-corrected chi connectivity index (χ0v) is 11.0. The lowest BCUT2D eigenvalue weighted by Crippen LogP contribution is -2.29. The number of rotatable bonds is 3. The van der Waals surface area contributed by atoms with Gasteiger partial charge < -0.3 is 0 Å². The van der Waals surface area contributed by atoms with Gasteiger partial charge in [-0.25, -0.2) is 0 Å². The van der Waals surface area contributed by atoms with E-state index in [2.05, 4.69) is 57.2 Å². The van der Waals surface area contributed by atoms with Gasteiger partial charge in [0.1, 0.15) is 0 Å². The third kappa shape index (κ3) is 3.37. The second-order valence-corrected chi connectivity index (χ2v) is 11.9. The predicted octanol–water partition coefficient (Wildman–Crippen LogP) is 3.40. The maximum atomic E-state index is 2.60. The fraction of sp³-hybridized carbons (Fsp3) is 1.00. The van der Waals surface area contributed by atoms with Crippen molar-refractivity contribution < 1.29 is 0 Å². The van der Waals surface area contributed by atoms with E-state index < -0.39 is 8.80 Å². The lowest BCUT2D eigenvalue weighted by atomic mass is 10.5.